The predicted molar refractivity (Wildman–Crippen MR) is 98.0 cm³/mol. The monoisotopic (exact) mass is 370 g/mol. The number of ketones is 2. The lowest BCUT2D eigenvalue weighted by Gasteiger charge is -2.46. The van der Waals surface area contributed by atoms with Crippen LogP contribution in [0.2, 0.25) is 0 Å². The van der Waals surface area contributed by atoms with Gasteiger partial charge >= 0.3 is 5.79 Å². The van der Waals surface area contributed by atoms with Crippen molar-refractivity contribution >= 4 is 11.6 Å². The molecule has 0 fully saturated rings. The van der Waals surface area contributed by atoms with Crippen LogP contribution in [0.15, 0.2) is 82.7 Å². The van der Waals surface area contributed by atoms with Crippen LogP contribution < -0.4 is 4.74 Å². The highest BCUT2D eigenvalue weighted by Crippen LogP contribution is 2.55. The Morgan fingerprint density at radius 3 is 2.36 bits per heavy atom. The zero-order chi connectivity index (χ0) is 18.9. The lowest BCUT2D eigenvalue weighted by Crippen LogP contribution is -2.47. The van der Waals surface area contributed by atoms with Gasteiger partial charge in [-0.1, -0.05) is 42.5 Å². The molecule has 1 aromatic heterocycles. The van der Waals surface area contributed by atoms with E-state index in [-0.39, 0.29) is 23.2 Å². The summed E-state index contributed by atoms with van der Waals surface area (Å²) >= 11 is 0. The summed E-state index contributed by atoms with van der Waals surface area (Å²) in [4.78, 5) is 26.6. The molecule has 0 spiro atoms. The molecule has 3 aliphatic rings. The van der Waals surface area contributed by atoms with Gasteiger partial charge in [-0.3, -0.25) is 9.59 Å². The van der Waals surface area contributed by atoms with Crippen LogP contribution in [0.3, 0.4) is 0 Å². The third kappa shape index (κ3) is 1.85. The maximum atomic E-state index is 13.3. The smallest absolute Gasteiger partial charge is 0.311 e. The van der Waals surface area contributed by atoms with E-state index in [1.54, 1.807) is 42.7 Å². The Morgan fingerprint density at radius 2 is 1.57 bits per heavy atom. The van der Waals surface area contributed by atoms with Gasteiger partial charge in [0.1, 0.15) is 5.75 Å². The molecule has 136 valence electrons. The number of carbonyl (C=O) groups excluding carboxylic acids is 2. The Bertz CT molecular complexity index is 1190. The first-order chi connectivity index (χ1) is 13.7. The van der Waals surface area contributed by atoms with Crippen molar-refractivity contribution in [1.82, 2.24) is 0 Å². The number of para-hydroxylation sites is 1. The van der Waals surface area contributed by atoms with E-state index < -0.39 is 5.79 Å². The summed E-state index contributed by atoms with van der Waals surface area (Å²) in [5, 5.41) is 0. The molecule has 28 heavy (non-hydrogen) atoms. The lowest BCUT2D eigenvalue weighted by atomic mass is 9.73. The van der Waals surface area contributed by atoms with E-state index in [4.69, 9.17) is 13.9 Å². The van der Waals surface area contributed by atoms with Crippen molar-refractivity contribution in [2.75, 3.05) is 0 Å². The summed E-state index contributed by atoms with van der Waals surface area (Å²) in [6.07, 6.45) is 1.90. The molecule has 0 N–H and O–H groups in total. The molecule has 0 saturated heterocycles. The van der Waals surface area contributed by atoms with E-state index in [0.29, 0.717) is 34.6 Å². The molecule has 2 aromatic carbocycles. The van der Waals surface area contributed by atoms with E-state index in [0.717, 1.165) is 5.56 Å². The van der Waals surface area contributed by atoms with Crippen molar-refractivity contribution < 1.29 is 23.5 Å². The average Bonchev–Trinajstić information content (AvgIpc) is 3.28. The minimum Gasteiger partial charge on any atom is -0.461 e. The van der Waals surface area contributed by atoms with Crippen LogP contribution in [0, 0.1) is 0 Å². The van der Waals surface area contributed by atoms with Crippen molar-refractivity contribution in [2.45, 2.75) is 18.1 Å². The third-order valence-corrected chi connectivity index (χ3v) is 5.67. The third-order valence-electron chi connectivity index (χ3n) is 5.67. The van der Waals surface area contributed by atoms with Crippen molar-refractivity contribution in [3.8, 4) is 5.75 Å². The Labute approximate surface area is 160 Å². The first kappa shape index (κ1) is 15.5. The maximum absolute atomic E-state index is 13.3. The molecule has 3 heterocycles. The average molecular weight is 370 g/mol. The van der Waals surface area contributed by atoms with Crippen LogP contribution >= 0.6 is 0 Å². The summed E-state index contributed by atoms with van der Waals surface area (Å²) in [7, 11) is 0. The SMILES string of the molecule is O=C1C2=C(C(=O)c3ccccc31)[C@H]1C[C@@](c3ccco3)(O2)Oc2ccccc21. The van der Waals surface area contributed by atoms with Crippen LogP contribution in [0.4, 0.5) is 0 Å². The molecular formula is C23H14O5. The first-order valence-corrected chi connectivity index (χ1v) is 9.11. The number of hydrogen-bond donors (Lipinski definition) is 0. The minimum atomic E-state index is -1.27. The van der Waals surface area contributed by atoms with Crippen LogP contribution in [-0.4, -0.2) is 11.6 Å². The van der Waals surface area contributed by atoms with Gasteiger partial charge in [0, 0.05) is 29.0 Å². The van der Waals surface area contributed by atoms with Gasteiger partial charge in [-0.25, -0.2) is 0 Å². The number of carbonyl (C=O) groups is 2. The standard InChI is InChI=1S/C23H14O5/c24-20-14-7-1-2-8-15(14)21(25)22-19(20)16-12-23(28-22,18-10-5-11-26-18)27-17-9-4-3-6-13(16)17/h1-11,16H,12H2/t16-,23-/m0/s1. The van der Waals surface area contributed by atoms with Crippen LogP contribution in [-0.2, 0) is 10.5 Å². The molecule has 2 aliphatic heterocycles. The normalized spacial score (nSPS) is 24.6. The largest absolute Gasteiger partial charge is 0.461 e. The lowest BCUT2D eigenvalue weighted by molar-refractivity contribution is -0.197. The van der Waals surface area contributed by atoms with E-state index in [1.165, 1.54) is 0 Å². The number of ether oxygens (including phenoxy) is 2. The number of hydrogen-bond acceptors (Lipinski definition) is 5. The summed E-state index contributed by atoms with van der Waals surface area (Å²) in [5.41, 5.74) is 2.06. The number of rotatable bonds is 1. The summed E-state index contributed by atoms with van der Waals surface area (Å²) in [5.74, 6) is -0.898. The Hall–Kier alpha value is -3.60. The zero-order valence-electron chi connectivity index (χ0n) is 14.7. The van der Waals surface area contributed by atoms with Gasteiger partial charge in [-0.15, -0.1) is 0 Å². The maximum Gasteiger partial charge on any atom is 0.311 e. The number of allylic oxidation sites excluding steroid dienone is 2. The molecule has 0 unspecified atom stereocenters. The highest BCUT2D eigenvalue weighted by atomic mass is 16.7. The van der Waals surface area contributed by atoms with Crippen molar-refractivity contribution in [2.24, 2.45) is 0 Å². The van der Waals surface area contributed by atoms with Crippen molar-refractivity contribution in [3.63, 3.8) is 0 Å². The fourth-order valence-corrected chi connectivity index (χ4v) is 4.43. The number of benzene rings is 2. The van der Waals surface area contributed by atoms with E-state index in [1.807, 2.05) is 24.3 Å². The van der Waals surface area contributed by atoms with Crippen LogP contribution in [0.1, 0.15) is 44.4 Å². The van der Waals surface area contributed by atoms with Crippen molar-refractivity contribution in [3.05, 3.63) is 101 Å². The molecule has 2 atom stereocenters. The molecule has 6 rings (SSSR count). The first-order valence-electron chi connectivity index (χ1n) is 9.11. The molecular weight excluding hydrogens is 356 g/mol. The number of fused-ring (bicyclic) bond motifs is 6. The Kier molecular flexibility index (Phi) is 2.88. The molecule has 1 aliphatic carbocycles. The molecule has 0 radical (unpaired) electrons. The summed E-state index contributed by atoms with van der Waals surface area (Å²) in [6.45, 7) is 0. The summed E-state index contributed by atoms with van der Waals surface area (Å²) < 4.78 is 18.0. The fraction of sp³-hybridized carbons (Fsp3) is 0.130. The predicted octanol–water partition coefficient (Wildman–Crippen LogP) is 4.36. The second-order valence-electron chi connectivity index (χ2n) is 7.18. The van der Waals surface area contributed by atoms with Crippen LogP contribution in [0.5, 0.6) is 5.75 Å². The van der Waals surface area contributed by atoms with E-state index in [2.05, 4.69) is 0 Å². The Morgan fingerprint density at radius 1 is 0.821 bits per heavy atom. The van der Waals surface area contributed by atoms with Gasteiger partial charge in [0.2, 0.25) is 5.78 Å². The molecule has 2 bridgehead atoms. The molecule has 3 aromatic rings. The minimum absolute atomic E-state index is 0.0610. The van der Waals surface area contributed by atoms with Crippen LogP contribution in [0.25, 0.3) is 0 Å². The molecule has 0 amide bonds. The van der Waals surface area contributed by atoms with Gasteiger partial charge in [0.05, 0.1) is 11.8 Å². The van der Waals surface area contributed by atoms with Gasteiger partial charge in [0.25, 0.3) is 0 Å². The molecule has 5 heteroatoms. The molecule has 0 saturated carbocycles. The highest BCUT2D eigenvalue weighted by Gasteiger charge is 2.56. The van der Waals surface area contributed by atoms with Gasteiger partial charge in [-0.2, -0.15) is 0 Å². The quantitative estimate of drug-likeness (QED) is 0.637. The second kappa shape index (κ2) is 5.23. The Balaban J connectivity index is 1.63. The number of Topliss-reactive ketones (excluding diaryl/α,β-unsaturated/α-hetero) is 2. The van der Waals surface area contributed by atoms with Gasteiger partial charge in [-0.05, 0) is 18.2 Å². The topological polar surface area (TPSA) is 65.7 Å². The summed E-state index contributed by atoms with van der Waals surface area (Å²) in [6, 6.07) is 17.9. The van der Waals surface area contributed by atoms with Gasteiger partial charge < -0.3 is 13.9 Å². The van der Waals surface area contributed by atoms with Gasteiger partial charge in [0.15, 0.2) is 17.3 Å². The van der Waals surface area contributed by atoms with Crippen molar-refractivity contribution in [1.29, 1.82) is 0 Å². The molecule has 5 nitrogen and oxygen atoms in total. The zero-order valence-corrected chi connectivity index (χ0v) is 14.7. The fourth-order valence-electron chi connectivity index (χ4n) is 4.43. The van der Waals surface area contributed by atoms with E-state index in [9.17, 15) is 9.59 Å². The highest BCUT2D eigenvalue weighted by molar-refractivity contribution is 6.26. The number of furan rings is 1. The second-order valence-corrected chi connectivity index (χ2v) is 7.18. The van der Waals surface area contributed by atoms with E-state index >= 15 is 0 Å².